The van der Waals surface area contributed by atoms with Gasteiger partial charge in [0.25, 0.3) is 0 Å². The van der Waals surface area contributed by atoms with E-state index in [0.717, 1.165) is 5.01 Å². The number of benzene rings is 1. The maximum absolute atomic E-state index is 12.6. The predicted molar refractivity (Wildman–Crippen MR) is 120 cm³/mol. The molecular formula is C20H27N5O4S2. The number of carbonyl (C=O) groups is 2. The van der Waals surface area contributed by atoms with Gasteiger partial charge in [-0.3, -0.25) is 9.59 Å². The van der Waals surface area contributed by atoms with E-state index in [1.165, 1.54) is 32.7 Å². The van der Waals surface area contributed by atoms with E-state index in [1.807, 2.05) is 13.8 Å². The second-order valence-electron chi connectivity index (χ2n) is 7.58. The molecule has 1 aromatic heterocycles. The van der Waals surface area contributed by atoms with Crippen LogP contribution in [0.25, 0.3) is 0 Å². The molecule has 2 aromatic rings. The highest BCUT2D eigenvalue weighted by Gasteiger charge is 2.35. The van der Waals surface area contributed by atoms with Crippen molar-refractivity contribution >= 4 is 44.0 Å². The Labute approximate surface area is 186 Å². The van der Waals surface area contributed by atoms with Gasteiger partial charge in [-0.15, -0.1) is 10.2 Å². The molecule has 0 radical (unpaired) electrons. The summed E-state index contributed by atoms with van der Waals surface area (Å²) in [7, 11) is -3.56. The van der Waals surface area contributed by atoms with Crippen LogP contribution in [0, 0.1) is 5.92 Å². The zero-order chi connectivity index (χ0) is 22.8. The fourth-order valence-corrected chi connectivity index (χ4v) is 5.58. The Morgan fingerprint density at radius 1 is 1.23 bits per heavy atom. The van der Waals surface area contributed by atoms with Crippen LogP contribution in [0.1, 0.15) is 45.0 Å². The van der Waals surface area contributed by atoms with Gasteiger partial charge < -0.3 is 10.2 Å². The highest BCUT2D eigenvalue weighted by Crippen LogP contribution is 2.29. The quantitative estimate of drug-likeness (QED) is 0.641. The van der Waals surface area contributed by atoms with Gasteiger partial charge in [-0.2, -0.15) is 4.31 Å². The van der Waals surface area contributed by atoms with Gasteiger partial charge >= 0.3 is 0 Å². The number of hydrogen-bond acceptors (Lipinski definition) is 7. The first-order valence-electron chi connectivity index (χ1n) is 10.2. The van der Waals surface area contributed by atoms with Crippen LogP contribution >= 0.6 is 11.3 Å². The van der Waals surface area contributed by atoms with Gasteiger partial charge in [0.1, 0.15) is 5.01 Å². The van der Waals surface area contributed by atoms with E-state index in [2.05, 4.69) is 15.5 Å². The third kappa shape index (κ3) is 4.94. The Hall–Kier alpha value is -2.37. The van der Waals surface area contributed by atoms with Crippen molar-refractivity contribution in [2.45, 2.75) is 44.9 Å². The van der Waals surface area contributed by atoms with Crippen LogP contribution < -0.4 is 10.2 Å². The summed E-state index contributed by atoms with van der Waals surface area (Å²) in [6.07, 6.45) is 0.0845. The SMILES string of the molecule is CCN(CC)S(=O)(=O)c1ccc(N2C[C@@H](C(=O)Nc3nnc(C(C)C)s3)CC2=O)cc1. The van der Waals surface area contributed by atoms with Crippen molar-refractivity contribution in [2.75, 3.05) is 29.9 Å². The van der Waals surface area contributed by atoms with Gasteiger partial charge in [-0.05, 0) is 24.3 Å². The van der Waals surface area contributed by atoms with Gasteiger partial charge in [0.15, 0.2) is 0 Å². The molecule has 0 spiro atoms. The molecule has 0 unspecified atom stereocenters. The number of hydrogen-bond donors (Lipinski definition) is 1. The molecule has 31 heavy (non-hydrogen) atoms. The number of carbonyl (C=O) groups excluding carboxylic acids is 2. The molecule has 0 bridgehead atoms. The minimum Gasteiger partial charge on any atom is -0.312 e. The van der Waals surface area contributed by atoms with E-state index in [4.69, 9.17) is 0 Å². The Morgan fingerprint density at radius 3 is 2.42 bits per heavy atom. The van der Waals surface area contributed by atoms with Crippen molar-refractivity contribution in [1.82, 2.24) is 14.5 Å². The molecule has 1 atom stereocenters. The molecule has 1 aliphatic heterocycles. The largest absolute Gasteiger partial charge is 0.312 e. The van der Waals surface area contributed by atoms with Crippen molar-refractivity contribution in [3.63, 3.8) is 0 Å². The average molecular weight is 466 g/mol. The molecule has 3 rings (SSSR count). The van der Waals surface area contributed by atoms with Gasteiger partial charge in [0, 0.05) is 37.7 Å². The maximum Gasteiger partial charge on any atom is 0.243 e. The molecule has 0 aliphatic carbocycles. The molecule has 1 N–H and O–H groups in total. The first-order chi connectivity index (χ1) is 14.7. The standard InChI is InChI=1S/C20H27N5O4S2/c1-5-24(6-2)31(28,29)16-9-7-15(8-10-16)25-12-14(11-17(25)26)18(27)21-20-23-22-19(30-20)13(3)4/h7-10,13-14H,5-6,11-12H2,1-4H3,(H,21,23,27)/t14-/m0/s1. The average Bonchev–Trinajstić information content (AvgIpc) is 3.35. The van der Waals surface area contributed by atoms with Crippen molar-refractivity contribution in [3.05, 3.63) is 29.3 Å². The Kier molecular flexibility index (Phi) is 7.07. The summed E-state index contributed by atoms with van der Waals surface area (Å²) in [4.78, 5) is 26.8. The van der Waals surface area contributed by atoms with Crippen molar-refractivity contribution in [2.24, 2.45) is 5.92 Å². The van der Waals surface area contributed by atoms with E-state index in [1.54, 1.807) is 26.0 Å². The molecule has 168 valence electrons. The molecule has 2 heterocycles. The first kappa shape index (κ1) is 23.3. The summed E-state index contributed by atoms with van der Waals surface area (Å²) in [6.45, 7) is 8.56. The highest BCUT2D eigenvalue weighted by molar-refractivity contribution is 7.89. The van der Waals surface area contributed by atoms with E-state index < -0.39 is 15.9 Å². The normalized spacial score (nSPS) is 17.0. The third-order valence-corrected chi connectivity index (χ3v) is 8.36. The topological polar surface area (TPSA) is 113 Å². The lowest BCUT2D eigenvalue weighted by Crippen LogP contribution is -2.31. The summed E-state index contributed by atoms with van der Waals surface area (Å²) in [5.74, 6) is -0.749. The van der Waals surface area contributed by atoms with Gasteiger partial charge in [-0.1, -0.05) is 39.0 Å². The molecule has 11 heteroatoms. The summed E-state index contributed by atoms with van der Waals surface area (Å²) in [6, 6.07) is 6.21. The van der Waals surface area contributed by atoms with Crippen LogP contribution in [0.4, 0.5) is 10.8 Å². The smallest absolute Gasteiger partial charge is 0.243 e. The number of aromatic nitrogens is 2. The molecule has 0 saturated carbocycles. The van der Waals surface area contributed by atoms with Crippen molar-refractivity contribution < 1.29 is 18.0 Å². The summed E-state index contributed by atoms with van der Waals surface area (Å²) in [5.41, 5.74) is 0.566. The Bertz CT molecular complexity index is 1050. The molecule has 1 aromatic carbocycles. The zero-order valence-corrected chi connectivity index (χ0v) is 19.7. The van der Waals surface area contributed by atoms with Crippen LogP contribution in [0.3, 0.4) is 0 Å². The lowest BCUT2D eigenvalue weighted by molar-refractivity contribution is -0.122. The molecular weight excluding hydrogens is 438 g/mol. The van der Waals surface area contributed by atoms with E-state index in [-0.39, 0.29) is 35.6 Å². The van der Waals surface area contributed by atoms with Gasteiger partial charge in [0.05, 0.1) is 10.8 Å². The second kappa shape index (κ2) is 9.41. The summed E-state index contributed by atoms with van der Waals surface area (Å²) in [5, 5.41) is 12.0. The molecule has 1 fully saturated rings. The van der Waals surface area contributed by atoms with Crippen LogP contribution in [-0.2, 0) is 19.6 Å². The number of sulfonamides is 1. The number of anilines is 2. The number of amides is 2. The van der Waals surface area contributed by atoms with Gasteiger partial charge in [0.2, 0.25) is 27.0 Å². The Morgan fingerprint density at radius 2 is 1.87 bits per heavy atom. The first-order valence-corrected chi connectivity index (χ1v) is 12.5. The fourth-order valence-electron chi connectivity index (χ4n) is 3.37. The molecule has 2 amide bonds. The lowest BCUT2D eigenvalue weighted by atomic mass is 10.1. The summed E-state index contributed by atoms with van der Waals surface area (Å²) < 4.78 is 26.6. The van der Waals surface area contributed by atoms with Crippen LogP contribution in [0.15, 0.2) is 29.2 Å². The number of rotatable bonds is 8. The van der Waals surface area contributed by atoms with Crippen molar-refractivity contribution in [3.8, 4) is 0 Å². The molecule has 9 nitrogen and oxygen atoms in total. The van der Waals surface area contributed by atoms with Gasteiger partial charge in [-0.25, -0.2) is 8.42 Å². The fraction of sp³-hybridized carbons (Fsp3) is 0.500. The third-order valence-electron chi connectivity index (χ3n) is 5.15. The van der Waals surface area contributed by atoms with E-state index >= 15 is 0 Å². The van der Waals surface area contributed by atoms with E-state index in [0.29, 0.717) is 23.9 Å². The van der Waals surface area contributed by atoms with Crippen LogP contribution in [0.5, 0.6) is 0 Å². The lowest BCUT2D eigenvalue weighted by Gasteiger charge is -2.20. The molecule has 1 aliphatic rings. The minimum atomic E-state index is -3.56. The van der Waals surface area contributed by atoms with Crippen LogP contribution in [0.2, 0.25) is 0 Å². The van der Waals surface area contributed by atoms with Crippen LogP contribution in [-0.4, -0.2) is 54.4 Å². The monoisotopic (exact) mass is 465 g/mol. The number of nitrogens with zero attached hydrogens (tertiary/aromatic N) is 4. The zero-order valence-electron chi connectivity index (χ0n) is 18.0. The number of nitrogens with one attached hydrogen (secondary N) is 1. The summed E-state index contributed by atoms with van der Waals surface area (Å²) >= 11 is 1.32. The Balaban J connectivity index is 1.69. The molecule has 1 saturated heterocycles. The highest BCUT2D eigenvalue weighted by atomic mass is 32.2. The van der Waals surface area contributed by atoms with E-state index in [9.17, 15) is 18.0 Å². The van der Waals surface area contributed by atoms with Crippen molar-refractivity contribution in [1.29, 1.82) is 0 Å². The minimum absolute atomic E-state index is 0.0845. The maximum atomic E-state index is 12.6. The second-order valence-corrected chi connectivity index (χ2v) is 10.5. The predicted octanol–water partition coefficient (Wildman–Crippen LogP) is 2.68.